The van der Waals surface area contributed by atoms with Crippen LogP contribution in [-0.2, 0) is 56.2 Å². The molecule has 1 aliphatic rings. The van der Waals surface area contributed by atoms with Crippen molar-refractivity contribution in [2.24, 2.45) is 0 Å². The van der Waals surface area contributed by atoms with Crippen LogP contribution in [0.15, 0.2) is 0 Å². The van der Waals surface area contributed by atoms with Gasteiger partial charge in [0.05, 0.1) is 0 Å². The van der Waals surface area contributed by atoms with Gasteiger partial charge in [-0.1, -0.05) is 0 Å². The van der Waals surface area contributed by atoms with Gasteiger partial charge in [0.25, 0.3) is 0 Å². The van der Waals surface area contributed by atoms with E-state index in [2.05, 4.69) is 0 Å². The molecule has 1 heterocycles. The summed E-state index contributed by atoms with van der Waals surface area (Å²) in [5, 5.41) is 0. The predicted octanol–water partition coefficient (Wildman–Crippen LogP) is 2.08. The molecule has 0 aromatic carbocycles. The molecular weight excluding hydrogens is 576 g/mol. The first-order valence-corrected chi connectivity index (χ1v) is 25.5. The summed E-state index contributed by atoms with van der Waals surface area (Å²) in [4.78, 5) is 0. The van der Waals surface area contributed by atoms with E-state index in [1.165, 1.54) is 0 Å². The zero-order valence-corrected chi connectivity index (χ0v) is 19.5. The Labute approximate surface area is 104 Å². The van der Waals surface area contributed by atoms with Crippen LogP contribution in [-0.4, -0.2) is 25.4 Å². The minimum atomic E-state index is -1.05. The van der Waals surface area contributed by atoms with E-state index >= 15 is 0 Å². The first-order valence-electron chi connectivity index (χ1n) is 4.22. The SMILES string of the molecule is [Cl][Hg][CH2]C1COCC([CH2][Hg][Cl])O1. The monoisotopic (exact) mass is 588 g/mol. The van der Waals surface area contributed by atoms with Crippen molar-refractivity contribution in [3.63, 3.8) is 0 Å². The van der Waals surface area contributed by atoms with Crippen LogP contribution in [0.25, 0.3) is 0 Å². The summed E-state index contributed by atoms with van der Waals surface area (Å²) in [5.74, 6) is 0. The molecule has 6 heteroatoms. The molecule has 0 aromatic heterocycles. The van der Waals surface area contributed by atoms with Gasteiger partial charge < -0.3 is 0 Å². The molecule has 2 nitrogen and oxygen atoms in total. The van der Waals surface area contributed by atoms with Gasteiger partial charge in [-0.25, -0.2) is 0 Å². The van der Waals surface area contributed by atoms with Gasteiger partial charge in [0, 0.05) is 0 Å². The Balaban J connectivity index is 2.20. The third-order valence-corrected chi connectivity index (χ3v) is 12.4. The van der Waals surface area contributed by atoms with E-state index < -0.39 is 46.7 Å². The van der Waals surface area contributed by atoms with Gasteiger partial charge in [0.15, 0.2) is 0 Å². The molecule has 1 saturated heterocycles. The molecule has 0 saturated carbocycles. The van der Waals surface area contributed by atoms with E-state index in [1.54, 1.807) is 0 Å². The number of hydrogen-bond donors (Lipinski definition) is 0. The van der Waals surface area contributed by atoms with Crippen molar-refractivity contribution in [3.05, 3.63) is 0 Å². The summed E-state index contributed by atoms with van der Waals surface area (Å²) in [6, 6.07) is 0. The molecule has 2 unspecified atom stereocenters. The van der Waals surface area contributed by atoms with Crippen LogP contribution in [0.3, 0.4) is 0 Å². The first-order chi connectivity index (χ1) is 5.86. The molecule has 0 radical (unpaired) electrons. The fraction of sp³-hybridized carbons (Fsp3) is 1.00. The fourth-order valence-corrected chi connectivity index (χ4v) is 9.75. The predicted molar refractivity (Wildman–Crippen MR) is 40.8 cm³/mol. The van der Waals surface area contributed by atoms with Crippen LogP contribution in [0, 0.1) is 0 Å². The summed E-state index contributed by atoms with van der Waals surface area (Å²) in [6.07, 6.45) is 0.610. The average molecular weight is 586 g/mol. The third kappa shape index (κ3) is 4.74. The van der Waals surface area contributed by atoms with E-state index in [-0.39, 0.29) is 0 Å². The summed E-state index contributed by atoms with van der Waals surface area (Å²) < 4.78 is 13.4. The minimum absolute atomic E-state index is 0.305. The summed E-state index contributed by atoms with van der Waals surface area (Å²) >= 11 is -2.10. The molecule has 2 atom stereocenters. The Morgan fingerprint density at radius 1 is 1.08 bits per heavy atom. The zero-order chi connectivity index (χ0) is 8.81. The van der Waals surface area contributed by atoms with Crippen LogP contribution in [0.4, 0.5) is 0 Å². The quantitative estimate of drug-likeness (QED) is 0.471. The normalized spacial score (nSPS) is 29.2. The maximum absolute atomic E-state index is 5.83. The van der Waals surface area contributed by atoms with Crippen LogP contribution in [0.2, 0.25) is 7.86 Å². The molecular formula is C6H10Cl2Hg2O2. The van der Waals surface area contributed by atoms with Crippen molar-refractivity contribution in [2.75, 3.05) is 13.2 Å². The van der Waals surface area contributed by atoms with E-state index in [1.807, 2.05) is 0 Å². The van der Waals surface area contributed by atoms with Crippen LogP contribution < -0.4 is 0 Å². The molecule has 0 aromatic rings. The Hall–Kier alpha value is 2.37. The Kier molecular flexibility index (Phi) is 7.91. The molecule has 1 fully saturated rings. The molecule has 0 amide bonds. The van der Waals surface area contributed by atoms with Crippen molar-refractivity contribution in [1.82, 2.24) is 0 Å². The van der Waals surface area contributed by atoms with E-state index in [4.69, 9.17) is 26.0 Å². The van der Waals surface area contributed by atoms with Gasteiger partial charge in [-0.3, -0.25) is 0 Å². The zero-order valence-electron chi connectivity index (χ0n) is 6.97. The Morgan fingerprint density at radius 2 is 1.58 bits per heavy atom. The van der Waals surface area contributed by atoms with Crippen molar-refractivity contribution in [2.45, 2.75) is 20.1 Å². The Morgan fingerprint density at radius 3 is 2.00 bits per heavy atom. The van der Waals surface area contributed by atoms with Crippen LogP contribution >= 0.6 is 16.5 Å². The van der Waals surface area contributed by atoms with Gasteiger partial charge in [-0.15, -0.1) is 0 Å². The molecule has 12 heavy (non-hydrogen) atoms. The van der Waals surface area contributed by atoms with Crippen molar-refractivity contribution in [3.8, 4) is 0 Å². The van der Waals surface area contributed by atoms with Crippen molar-refractivity contribution < 1.29 is 56.2 Å². The Bertz CT molecular complexity index is 112. The number of rotatable bonds is 4. The van der Waals surface area contributed by atoms with E-state index in [9.17, 15) is 0 Å². The summed E-state index contributed by atoms with van der Waals surface area (Å²) in [7, 11) is 11.7. The molecule has 0 N–H and O–H groups in total. The average Bonchev–Trinajstić information content (AvgIpc) is 2.06. The molecule has 1 aliphatic heterocycles. The summed E-state index contributed by atoms with van der Waals surface area (Å²) in [6.45, 7) is 1.50. The first kappa shape index (κ1) is 12.4. The second-order valence-corrected chi connectivity index (χ2v) is 16.9. The van der Waals surface area contributed by atoms with E-state index in [0.29, 0.717) is 12.2 Å². The number of hydrogen-bond acceptors (Lipinski definition) is 2. The van der Waals surface area contributed by atoms with Gasteiger partial charge in [0.2, 0.25) is 0 Å². The van der Waals surface area contributed by atoms with Gasteiger partial charge in [-0.2, -0.15) is 0 Å². The number of halogens is 2. The second-order valence-electron chi connectivity index (χ2n) is 2.87. The van der Waals surface area contributed by atoms with Crippen molar-refractivity contribution >= 4 is 16.5 Å². The van der Waals surface area contributed by atoms with Crippen LogP contribution in [0.1, 0.15) is 0 Å². The van der Waals surface area contributed by atoms with Crippen LogP contribution in [0.5, 0.6) is 0 Å². The number of ether oxygens (including phenoxy) is 2. The van der Waals surface area contributed by atoms with Gasteiger partial charge in [-0.05, 0) is 0 Å². The molecule has 1 rings (SSSR count). The van der Waals surface area contributed by atoms with Crippen molar-refractivity contribution in [1.29, 1.82) is 0 Å². The standard InChI is InChI=1S/C6H10O2.2ClH.2Hg/c1-5-3-7-4-6(2)8-5;;;;/h5-6H,1-4H2;2*1H;;/q;;;2*+1/p-2. The maximum atomic E-state index is 5.83. The van der Waals surface area contributed by atoms with Gasteiger partial charge in [0.1, 0.15) is 0 Å². The third-order valence-electron chi connectivity index (χ3n) is 1.85. The van der Waals surface area contributed by atoms with Gasteiger partial charge >= 0.3 is 106 Å². The molecule has 0 aliphatic carbocycles. The molecule has 0 spiro atoms. The summed E-state index contributed by atoms with van der Waals surface area (Å²) in [5.41, 5.74) is 0. The van der Waals surface area contributed by atoms with E-state index in [0.717, 1.165) is 21.1 Å². The molecule has 0 bridgehead atoms. The molecule has 64 valence electrons. The topological polar surface area (TPSA) is 18.5 Å². The second kappa shape index (κ2) is 7.63. The fourth-order valence-electron chi connectivity index (χ4n) is 1.23.